The topological polar surface area (TPSA) is 81.2 Å². The van der Waals surface area contributed by atoms with E-state index in [2.05, 4.69) is 15.5 Å². The summed E-state index contributed by atoms with van der Waals surface area (Å²) in [7, 11) is 0. The number of carbonyl (C=O) groups excluding carboxylic acids is 1. The standard InChI is InChI=1S/C20H14ClN3O3/c21-15-7-3-13(4-8-15)12-18-23-19(24-27-18)14-5-9-16(10-6-14)22-20(25)17-2-1-11-26-17/h1-11H,12H2,(H,22,25). The van der Waals surface area contributed by atoms with Crippen molar-refractivity contribution in [2.75, 3.05) is 5.32 Å². The number of hydrogen-bond donors (Lipinski definition) is 1. The number of benzene rings is 2. The number of furan rings is 1. The molecular weight excluding hydrogens is 366 g/mol. The van der Waals surface area contributed by atoms with Crippen LogP contribution in [0.25, 0.3) is 11.4 Å². The van der Waals surface area contributed by atoms with Gasteiger partial charge in [0.2, 0.25) is 11.7 Å². The summed E-state index contributed by atoms with van der Waals surface area (Å²) >= 11 is 5.89. The Balaban J connectivity index is 1.44. The average molecular weight is 380 g/mol. The first-order valence-corrected chi connectivity index (χ1v) is 8.57. The third kappa shape index (κ3) is 4.07. The molecule has 7 heteroatoms. The Morgan fingerprint density at radius 3 is 2.52 bits per heavy atom. The fourth-order valence-electron chi connectivity index (χ4n) is 2.52. The monoisotopic (exact) mass is 379 g/mol. The molecule has 6 nitrogen and oxygen atoms in total. The molecule has 0 bridgehead atoms. The van der Waals surface area contributed by atoms with Gasteiger partial charge < -0.3 is 14.3 Å². The lowest BCUT2D eigenvalue weighted by atomic mass is 10.1. The second kappa shape index (κ2) is 7.47. The van der Waals surface area contributed by atoms with Crippen molar-refractivity contribution < 1.29 is 13.7 Å². The van der Waals surface area contributed by atoms with E-state index in [1.165, 1.54) is 6.26 Å². The van der Waals surface area contributed by atoms with Crippen LogP contribution in [-0.2, 0) is 6.42 Å². The molecule has 0 atom stereocenters. The van der Waals surface area contributed by atoms with Crippen LogP contribution >= 0.6 is 11.6 Å². The Hall–Kier alpha value is -3.38. The first-order chi connectivity index (χ1) is 13.2. The maximum atomic E-state index is 12.0. The van der Waals surface area contributed by atoms with Gasteiger partial charge in [-0.2, -0.15) is 4.98 Å². The fourth-order valence-corrected chi connectivity index (χ4v) is 2.65. The molecule has 0 radical (unpaired) electrons. The molecular formula is C20H14ClN3O3. The summed E-state index contributed by atoms with van der Waals surface area (Å²) < 4.78 is 10.4. The van der Waals surface area contributed by atoms with Crippen LogP contribution in [0.3, 0.4) is 0 Å². The lowest BCUT2D eigenvalue weighted by Gasteiger charge is -2.03. The zero-order valence-corrected chi connectivity index (χ0v) is 14.8. The molecule has 2 aromatic heterocycles. The zero-order chi connectivity index (χ0) is 18.6. The molecule has 134 valence electrons. The van der Waals surface area contributed by atoms with E-state index in [-0.39, 0.29) is 11.7 Å². The van der Waals surface area contributed by atoms with E-state index >= 15 is 0 Å². The molecule has 1 amide bonds. The quantitative estimate of drug-likeness (QED) is 0.537. The third-order valence-corrected chi connectivity index (χ3v) is 4.13. The van der Waals surface area contributed by atoms with Gasteiger partial charge in [-0.3, -0.25) is 4.79 Å². The largest absolute Gasteiger partial charge is 0.459 e. The smallest absolute Gasteiger partial charge is 0.291 e. The van der Waals surface area contributed by atoms with Gasteiger partial charge in [-0.15, -0.1) is 0 Å². The fraction of sp³-hybridized carbons (Fsp3) is 0.0500. The van der Waals surface area contributed by atoms with Crippen molar-refractivity contribution >= 4 is 23.2 Å². The summed E-state index contributed by atoms with van der Waals surface area (Å²) in [6, 6.07) is 17.9. The summed E-state index contributed by atoms with van der Waals surface area (Å²) in [6.45, 7) is 0. The highest BCUT2D eigenvalue weighted by atomic mass is 35.5. The van der Waals surface area contributed by atoms with Crippen molar-refractivity contribution in [1.29, 1.82) is 0 Å². The Morgan fingerprint density at radius 2 is 1.81 bits per heavy atom. The van der Waals surface area contributed by atoms with Crippen molar-refractivity contribution in [3.05, 3.63) is 89.2 Å². The predicted octanol–water partition coefficient (Wildman–Crippen LogP) is 4.83. The van der Waals surface area contributed by atoms with E-state index in [4.69, 9.17) is 20.5 Å². The molecule has 4 aromatic rings. The molecule has 0 aliphatic carbocycles. The molecule has 0 unspecified atom stereocenters. The highest BCUT2D eigenvalue weighted by Gasteiger charge is 2.11. The van der Waals surface area contributed by atoms with Crippen LogP contribution < -0.4 is 5.32 Å². The normalized spacial score (nSPS) is 10.7. The maximum Gasteiger partial charge on any atom is 0.291 e. The van der Waals surface area contributed by atoms with Gasteiger partial charge in [0, 0.05) is 16.3 Å². The number of rotatable bonds is 5. The minimum Gasteiger partial charge on any atom is -0.459 e. The van der Waals surface area contributed by atoms with Crippen LogP contribution in [-0.4, -0.2) is 16.0 Å². The number of halogens is 1. The van der Waals surface area contributed by atoms with Gasteiger partial charge in [-0.25, -0.2) is 0 Å². The number of amides is 1. The van der Waals surface area contributed by atoms with Gasteiger partial charge in [0.1, 0.15) is 0 Å². The first-order valence-electron chi connectivity index (χ1n) is 8.20. The molecule has 0 spiro atoms. The van der Waals surface area contributed by atoms with Gasteiger partial charge in [0.05, 0.1) is 12.7 Å². The van der Waals surface area contributed by atoms with Crippen molar-refractivity contribution in [1.82, 2.24) is 10.1 Å². The summed E-state index contributed by atoms with van der Waals surface area (Å²) in [5.74, 6) is 0.951. The summed E-state index contributed by atoms with van der Waals surface area (Å²) in [5, 5.41) is 7.46. The van der Waals surface area contributed by atoms with Gasteiger partial charge in [-0.05, 0) is 54.1 Å². The number of anilines is 1. The molecule has 1 N–H and O–H groups in total. The van der Waals surface area contributed by atoms with Gasteiger partial charge in [0.15, 0.2) is 5.76 Å². The maximum absolute atomic E-state index is 12.0. The van der Waals surface area contributed by atoms with Crippen LogP contribution in [0.4, 0.5) is 5.69 Å². The van der Waals surface area contributed by atoms with E-state index in [0.29, 0.717) is 28.8 Å². The van der Waals surface area contributed by atoms with E-state index < -0.39 is 0 Å². The average Bonchev–Trinajstić information content (AvgIpc) is 3.36. The van der Waals surface area contributed by atoms with Gasteiger partial charge >= 0.3 is 0 Å². The first kappa shape index (κ1) is 17.1. The molecule has 0 aliphatic heterocycles. The molecule has 2 aromatic carbocycles. The summed E-state index contributed by atoms with van der Waals surface area (Å²) in [5.41, 5.74) is 2.47. The summed E-state index contributed by atoms with van der Waals surface area (Å²) in [4.78, 5) is 16.4. The molecule has 2 heterocycles. The highest BCUT2D eigenvalue weighted by Crippen LogP contribution is 2.20. The van der Waals surface area contributed by atoms with Crippen molar-refractivity contribution in [2.45, 2.75) is 6.42 Å². The molecule has 27 heavy (non-hydrogen) atoms. The molecule has 4 rings (SSSR count). The molecule has 0 aliphatic rings. The van der Waals surface area contributed by atoms with Crippen LogP contribution in [0.1, 0.15) is 22.0 Å². The van der Waals surface area contributed by atoms with Gasteiger partial charge in [0.25, 0.3) is 5.91 Å². The van der Waals surface area contributed by atoms with Crippen LogP contribution in [0.15, 0.2) is 75.9 Å². The highest BCUT2D eigenvalue weighted by molar-refractivity contribution is 6.30. The summed E-state index contributed by atoms with van der Waals surface area (Å²) in [6.07, 6.45) is 1.98. The van der Waals surface area contributed by atoms with E-state index in [1.54, 1.807) is 24.3 Å². The van der Waals surface area contributed by atoms with Gasteiger partial charge in [-0.1, -0.05) is 28.9 Å². The zero-order valence-electron chi connectivity index (χ0n) is 14.1. The lowest BCUT2D eigenvalue weighted by Crippen LogP contribution is -2.10. The second-order valence-corrected chi connectivity index (χ2v) is 6.26. The van der Waals surface area contributed by atoms with Crippen LogP contribution in [0.5, 0.6) is 0 Å². The third-order valence-electron chi connectivity index (χ3n) is 3.88. The molecule has 0 saturated heterocycles. The van der Waals surface area contributed by atoms with Crippen molar-refractivity contribution in [3.8, 4) is 11.4 Å². The van der Waals surface area contributed by atoms with Crippen LogP contribution in [0, 0.1) is 0 Å². The van der Waals surface area contributed by atoms with Crippen LogP contribution in [0.2, 0.25) is 5.02 Å². The Bertz CT molecular complexity index is 1040. The SMILES string of the molecule is O=C(Nc1ccc(-c2noc(Cc3ccc(Cl)cc3)n2)cc1)c1ccco1. The number of nitrogens with zero attached hydrogens (tertiary/aromatic N) is 2. The number of carbonyl (C=O) groups is 1. The molecule has 0 saturated carbocycles. The molecule has 0 fully saturated rings. The van der Waals surface area contributed by atoms with E-state index in [1.807, 2.05) is 36.4 Å². The number of hydrogen-bond acceptors (Lipinski definition) is 5. The second-order valence-electron chi connectivity index (χ2n) is 5.82. The minimum atomic E-state index is -0.308. The Morgan fingerprint density at radius 1 is 1.04 bits per heavy atom. The predicted molar refractivity (Wildman–Crippen MR) is 101 cm³/mol. The van der Waals surface area contributed by atoms with E-state index in [0.717, 1.165) is 11.1 Å². The number of nitrogens with one attached hydrogen (secondary N) is 1. The Labute approximate surface area is 159 Å². The van der Waals surface area contributed by atoms with Crippen molar-refractivity contribution in [2.24, 2.45) is 0 Å². The van der Waals surface area contributed by atoms with E-state index in [9.17, 15) is 4.79 Å². The van der Waals surface area contributed by atoms with Crippen molar-refractivity contribution in [3.63, 3.8) is 0 Å². The lowest BCUT2D eigenvalue weighted by molar-refractivity contribution is 0.0996. The number of aromatic nitrogens is 2. The Kier molecular flexibility index (Phi) is 4.72. The minimum absolute atomic E-state index is 0.254.